The molecule has 0 unspecified atom stereocenters. The maximum Gasteiger partial charge on any atom is 0.262 e. The number of carbonyl (C=O) groups excluding carboxylic acids is 1. The Balaban J connectivity index is 1.97. The average Bonchev–Trinajstić information content (AvgIpc) is 2.92. The number of hydrogen-bond acceptors (Lipinski definition) is 5. The second-order valence-corrected chi connectivity index (χ2v) is 7.10. The van der Waals surface area contributed by atoms with Crippen molar-refractivity contribution in [1.82, 2.24) is 15.0 Å². The molecule has 1 aliphatic heterocycles. The van der Waals surface area contributed by atoms with Crippen LogP contribution in [0.5, 0.6) is 0 Å². The molecule has 2 aromatic rings. The SMILES string of the molecule is NNC(=O)[C@@H]1CCCn2c1nc1sc3c(c1c2=O)CCCC3. The van der Waals surface area contributed by atoms with Crippen LogP contribution in [-0.2, 0) is 24.2 Å². The monoisotopic (exact) mass is 318 g/mol. The zero-order valence-corrected chi connectivity index (χ0v) is 13.0. The number of rotatable bonds is 1. The predicted octanol–water partition coefficient (Wildman–Crippen LogP) is 1.20. The van der Waals surface area contributed by atoms with Gasteiger partial charge in [0.25, 0.3) is 5.56 Å². The van der Waals surface area contributed by atoms with E-state index in [1.54, 1.807) is 15.9 Å². The first-order valence-corrected chi connectivity index (χ1v) is 8.58. The zero-order valence-electron chi connectivity index (χ0n) is 12.2. The van der Waals surface area contributed by atoms with Crippen molar-refractivity contribution >= 4 is 27.5 Å². The summed E-state index contributed by atoms with van der Waals surface area (Å²) in [6.45, 7) is 0.635. The smallest absolute Gasteiger partial charge is 0.262 e. The van der Waals surface area contributed by atoms with Crippen molar-refractivity contribution in [3.8, 4) is 0 Å². The van der Waals surface area contributed by atoms with Crippen LogP contribution in [0.25, 0.3) is 10.2 Å². The Bertz CT molecular complexity index is 823. The number of thiophene rings is 1. The molecule has 3 heterocycles. The molecule has 2 aromatic heterocycles. The molecule has 0 saturated heterocycles. The molecule has 0 bridgehead atoms. The summed E-state index contributed by atoms with van der Waals surface area (Å²) in [5, 5.41) is 0.789. The van der Waals surface area contributed by atoms with Crippen molar-refractivity contribution in [2.45, 2.75) is 51.0 Å². The highest BCUT2D eigenvalue weighted by atomic mass is 32.1. The molecule has 0 saturated carbocycles. The molecule has 6 nitrogen and oxygen atoms in total. The van der Waals surface area contributed by atoms with Crippen LogP contribution in [0.1, 0.15) is 47.9 Å². The Labute approximate surface area is 131 Å². The third-order valence-corrected chi connectivity index (χ3v) is 5.94. The summed E-state index contributed by atoms with van der Waals surface area (Å²) in [6.07, 6.45) is 5.81. The highest BCUT2D eigenvalue weighted by Gasteiger charge is 2.31. The number of nitrogens with two attached hydrogens (primary N) is 1. The molecule has 116 valence electrons. The third kappa shape index (κ3) is 1.92. The highest BCUT2D eigenvalue weighted by molar-refractivity contribution is 7.18. The van der Waals surface area contributed by atoms with E-state index in [2.05, 4.69) is 5.43 Å². The number of aromatic nitrogens is 2. The maximum atomic E-state index is 12.9. The first-order valence-electron chi connectivity index (χ1n) is 7.76. The summed E-state index contributed by atoms with van der Waals surface area (Å²) in [5.41, 5.74) is 3.42. The van der Waals surface area contributed by atoms with Crippen LogP contribution in [0.4, 0.5) is 0 Å². The predicted molar refractivity (Wildman–Crippen MR) is 84.8 cm³/mol. The van der Waals surface area contributed by atoms with Crippen molar-refractivity contribution in [3.05, 3.63) is 26.6 Å². The molecular weight excluding hydrogens is 300 g/mol. The Morgan fingerprint density at radius 1 is 1.32 bits per heavy atom. The number of aryl methyl sites for hydroxylation is 2. The van der Waals surface area contributed by atoms with Crippen molar-refractivity contribution in [2.75, 3.05) is 0 Å². The molecule has 2 aliphatic rings. The zero-order chi connectivity index (χ0) is 15.3. The summed E-state index contributed by atoms with van der Waals surface area (Å²) in [7, 11) is 0. The molecule has 0 fully saturated rings. The van der Waals surface area contributed by atoms with Gasteiger partial charge in [-0.15, -0.1) is 11.3 Å². The minimum Gasteiger partial charge on any atom is -0.295 e. The Morgan fingerprint density at radius 3 is 2.95 bits per heavy atom. The largest absolute Gasteiger partial charge is 0.295 e. The quantitative estimate of drug-likeness (QED) is 0.470. The van der Waals surface area contributed by atoms with Gasteiger partial charge in [-0.25, -0.2) is 10.8 Å². The molecule has 7 heteroatoms. The summed E-state index contributed by atoms with van der Waals surface area (Å²) >= 11 is 1.62. The van der Waals surface area contributed by atoms with E-state index in [1.807, 2.05) is 0 Å². The van der Waals surface area contributed by atoms with Gasteiger partial charge < -0.3 is 0 Å². The van der Waals surface area contributed by atoms with Crippen molar-refractivity contribution < 1.29 is 4.79 Å². The molecule has 0 spiro atoms. The van der Waals surface area contributed by atoms with Crippen LogP contribution >= 0.6 is 11.3 Å². The Kier molecular flexibility index (Phi) is 3.27. The lowest BCUT2D eigenvalue weighted by Gasteiger charge is -2.24. The molecule has 1 amide bonds. The topological polar surface area (TPSA) is 90.0 Å². The minimum atomic E-state index is -0.421. The summed E-state index contributed by atoms with van der Waals surface area (Å²) in [6, 6.07) is 0. The number of amides is 1. The fourth-order valence-corrected chi connectivity index (χ4v) is 4.93. The molecule has 3 N–H and O–H groups in total. The number of hydrogen-bond donors (Lipinski definition) is 2. The van der Waals surface area contributed by atoms with Crippen LogP contribution < -0.4 is 16.8 Å². The van der Waals surface area contributed by atoms with Crippen LogP contribution in [0.15, 0.2) is 4.79 Å². The lowest BCUT2D eigenvalue weighted by atomic mass is 9.95. The van der Waals surface area contributed by atoms with Gasteiger partial charge in [-0.1, -0.05) is 0 Å². The number of nitrogens with zero attached hydrogens (tertiary/aromatic N) is 2. The van der Waals surface area contributed by atoms with Gasteiger partial charge >= 0.3 is 0 Å². The lowest BCUT2D eigenvalue weighted by molar-refractivity contribution is -0.123. The molecule has 1 aliphatic carbocycles. The molecule has 0 radical (unpaired) electrons. The van der Waals surface area contributed by atoms with Gasteiger partial charge in [0.15, 0.2) is 0 Å². The normalized spacial score (nSPS) is 20.5. The average molecular weight is 318 g/mol. The first-order chi connectivity index (χ1) is 10.7. The van der Waals surface area contributed by atoms with Crippen LogP contribution in [0, 0.1) is 0 Å². The van der Waals surface area contributed by atoms with Gasteiger partial charge in [0.1, 0.15) is 10.7 Å². The van der Waals surface area contributed by atoms with E-state index in [-0.39, 0.29) is 11.5 Å². The van der Waals surface area contributed by atoms with E-state index in [0.717, 1.165) is 35.9 Å². The van der Waals surface area contributed by atoms with Crippen LogP contribution in [-0.4, -0.2) is 15.5 Å². The van der Waals surface area contributed by atoms with E-state index >= 15 is 0 Å². The lowest BCUT2D eigenvalue weighted by Crippen LogP contribution is -2.40. The van der Waals surface area contributed by atoms with Crippen molar-refractivity contribution in [1.29, 1.82) is 0 Å². The number of carbonyl (C=O) groups is 1. The summed E-state index contributed by atoms with van der Waals surface area (Å²) in [4.78, 5) is 31.7. The number of nitrogens with one attached hydrogen (secondary N) is 1. The van der Waals surface area contributed by atoms with Gasteiger partial charge in [-0.3, -0.25) is 19.6 Å². The van der Waals surface area contributed by atoms with E-state index in [4.69, 9.17) is 10.8 Å². The molecule has 1 atom stereocenters. The first kappa shape index (κ1) is 13.9. The van der Waals surface area contributed by atoms with Crippen molar-refractivity contribution in [2.24, 2.45) is 5.84 Å². The number of fused-ring (bicyclic) bond motifs is 4. The summed E-state index contributed by atoms with van der Waals surface area (Å²) in [5.74, 6) is 5.17. The Morgan fingerprint density at radius 2 is 2.14 bits per heavy atom. The van der Waals surface area contributed by atoms with Crippen LogP contribution in [0.3, 0.4) is 0 Å². The van der Waals surface area contributed by atoms with Gasteiger partial charge in [-0.2, -0.15) is 0 Å². The fraction of sp³-hybridized carbons (Fsp3) is 0.533. The number of hydrazine groups is 1. The third-order valence-electron chi connectivity index (χ3n) is 4.75. The van der Waals surface area contributed by atoms with Gasteiger partial charge in [0.05, 0.1) is 11.3 Å². The van der Waals surface area contributed by atoms with Crippen LogP contribution in [0.2, 0.25) is 0 Å². The maximum absolute atomic E-state index is 12.9. The second-order valence-electron chi connectivity index (χ2n) is 6.02. The minimum absolute atomic E-state index is 0.0221. The fourth-order valence-electron chi connectivity index (χ4n) is 3.67. The standard InChI is InChI=1S/C15H18N4O2S/c16-18-13(20)9-5-3-7-19-12(9)17-14-11(15(19)21)8-4-1-2-6-10(8)22-14/h9H,1-7,16H2,(H,18,20)/t9-/m1/s1. The van der Waals surface area contributed by atoms with Gasteiger partial charge in [0, 0.05) is 11.4 Å². The molecule has 4 rings (SSSR count). The molecule has 22 heavy (non-hydrogen) atoms. The Hall–Kier alpha value is -1.73. The van der Waals surface area contributed by atoms with E-state index < -0.39 is 5.92 Å². The second kappa shape index (κ2) is 5.17. The van der Waals surface area contributed by atoms with Gasteiger partial charge in [-0.05, 0) is 44.1 Å². The van der Waals surface area contributed by atoms with E-state index in [0.29, 0.717) is 18.8 Å². The summed E-state index contributed by atoms with van der Waals surface area (Å²) < 4.78 is 1.69. The molecular formula is C15H18N4O2S. The van der Waals surface area contributed by atoms with E-state index in [1.165, 1.54) is 16.9 Å². The molecule has 0 aromatic carbocycles. The van der Waals surface area contributed by atoms with E-state index in [9.17, 15) is 9.59 Å². The van der Waals surface area contributed by atoms with Gasteiger partial charge in [0.2, 0.25) is 5.91 Å². The van der Waals surface area contributed by atoms with Crippen molar-refractivity contribution in [3.63, 3.8) is 0 Å². The highest BCUT2D eigenvalue weighted by Crippen LogP contribution is 2.35.